The quantitative estimate of drug-likeness (QED) is 0.216. The molecule has 16 nitrogen and oxygen atoms in total. The predicted octanol–water partition coefficient (Wildman–Crippen LogP) is 2.45. The maximum absolute atomic E-state index is 12.4. The first-order valence-corrected chi connectivity index (χ1v) is 18.1. The fourth-order valence-electron chi connectivity index (χ4n) is 7.12. The Morgan fingerprint density at radius 2 is 2.10 bits per heavy atom. The standard InChI is InChI=1S/C33H42N12O4S/c1-21-17-42(11-2-3-15-48-27-19-44(41-39-27)20-28(47)43-14-9-22(46)18-43)12-5-13-45(21)33-36-10-8-25(37-33)31-38-32(49-40-31)23-6-4-7-26-29(23)24(16-34)30(35)50-26/h8,10,19,21-23,46H,2-7,9,11-15,17-18,20,35H2,1H3. The van der Waals surface area contributed by atoms with Gasteiger partial charge in [-0.15, -0.1) is 11.3 Å². The number of anilines is 2. The smallest absolute Gasteiger partial charge is 0.253 e. The molecule has 2 saturated heterocycles. The highest BCUT2D eigenvalue weighted by atomic mass is 32.1. The number of β-amino-alcohol motifs (C(OH)–C–C–N with tert-alkyl or cyclic N) is 1. The molecule has 3 unspecified atom stereocenters. The Labute approximate surface area is 293 Å². The summed E-state index contributed by atoms with van der Waals surface area (Å²) in [6.07, 6.45) is 9.06. The number of nitrogens with two attached hydrogens (primary N) is 1. The third-order valence-electron chi connectivity index (χ3n) is 9.65. The number of ether oxygens (including phenoxy) is 1. The zero-order chi connectivity index (χ0) is 34.6. The van der Waals surface area contributed by atoms with Crippen LogP contribution in [0.25, 0.3) is 11.5 Å². The first kappa shape index (κ1) is 33.8. The molecule has 3 N–H and O–H groups in total. The van der Waals surface area contributed by atoms with Gasteiger partial charge < -0.3 is 34.8 Å². The molecule has 2 aliphatic heterocycles. The van der Waals surface area contributed by atoms with Crippen LogP contribution in [-0.2, 0) is 17.8 Å². The van der Waals surface area contributed by atoms with Crippen LogP contribution in [0.4, 0.5) is 10.9 Å². The van der Waals surface area contributed by atoms with E-state index in [1.54, 1.807) is 23.4 Å². The van der Waals surface area contributed by atoms with Gasteiger partial charge in [-0.1, -0.05) is 15.5 Å². The Morgan fingerprint density at radius 3 is 2.94 bits per heavy atom. The number of amides is 1. The summed E-state index contributed by atoms with van der Waals surface area (Å²) in [7, 11) is 0. The Morgan fingerprint density at radius 1 is 1.20 bits per heavy atom. The molecule has 6 heterocycles. The number of hydrogen-bond acceptors (Lipinski definition) is 15. The Bertz CT molecular complexity index is 1830. The summed E-state index contributed by atoms with van der Waals surface area (Å²) in [6, 6.07) is 4.27. The van der Waals surface area contributed by atoms with Crippen molar-refractivity contribution in [2.75, 3.05) is 56.5 Å². The molecule has 0 radical (unpaired) electrons. The number of aromatic nitrogens is 7. The van der Waals surface area contributed by atoms with E-state index in [9.17, 15) is 15.2 Å². The normalized spacial score (nSPS) is 21.2. The van der Waals surface area contributed by atoms with Crippen LogP contribution in [0.5, 0.6) is 5.88 Å². The number of nitrogen functional groups attached to an aromatic ring is 1. The molecule has 0 aromatic carbocycles. The lowest BCUT2D eigenvalue weighted by molar-refractivity contribution is -0.131. The third-order valence-corrected chi connectivity index (χ3v) is 10.7. The van der Waals surface area contributed by atoms with Gasteiger partial charge in [0.05, 0.1) is 30.4 Å². The van der Waals surface area contributed by atoms with Crippen LogP contribution in [-0.4, -0.2) is 114 Å². The summed E-state index contributed by atoms with van der Waals surface area (Å²) < 4.78 is 13.0. The number of fused-ring (bicyclic) bond motifs is 1. The molecular weight excluding hydrogens is 661 g/mol. The molecule has 17 heteroatoms. The van der Waals surface area contributed by atoms with Gasteiger partial charge in [-0.05, 0) is 76.6 Å². The zero-order valence-corrected chi connectivity index (χ0v) is 29.0. The number of nitriles is 1. The summed E-state index contributed by atoms with van der Waals surface area (Å²) in [5, 5.41) is 32.3. The fourth-order valence-corrected chi connectivity index (χ4v) is 8.25. The highest BCUT2D eigenvalue weighted by Crippen LogP contribution is 2.44. The van der Waals surface area contributed by atoms with Gasteiger partial charge in [-0.25, -0.2) is 14.6 Å². The average molecular weight is 703 g/mol. The molecular formula is C33H42N12O4S. The molecule has 1 aliphatic carbocycles. The number of rotatable bonds is 11. The first-order valence-electron chi connectivity index (χ1n) is 17.3. The van der Waals surface area contributed by atoms with Crippen molar-refractivity contribution >= 4 is 28.2 Å². The molecule has 264 valence electrons. The van der Waals surface area contributed by atoms with Crippen LogP contribution >= 0.6 is 11.3 Å². The monoisotopic (exact) mass is 702 g/mol. The van der Waals surface area contributed by atoms with Gasteiger partial charge in [-0.2, -0.15) is 10.2 Å². The SMILES string of the molecule is CC1CN(CCCCOc2cn(CC(=O)N3CCC(O)C3)nn2)CCCN1c1nccc(-c2noc(C3CCCc4sc(N)c(C#N)c43)n2)n1. The van der Waals surface area contributed by atoms with E-state index in [0.717, 1.165) is 75.1 Å². The topological polar surface area (TPSA) is 201 Å². The molecule has 50 heavy (non-hydrogen) atoms. The first-order chi connectivity index (χ1) is 24.4. The molecule has 0 spiro atoms. The minimum absolute atomic E-state index is 0.0822. The molecule has 0 bridgehead atoms. The Balaban J connectivity index is 0.890. The number of aryl methyl sites for hydroxylation is 1. The van der Waals surface area contributed by atoms with Crippen LogP contribution in [0.3, 0.4) is 0 Å². The van der Waals surface area contributed by atoms with Crippen LogP contribution < -0.4 is 15.4 Å². The number of thiophene rings is 1. The second-order valence-electron chi connectivity index (χ2n) is 13.2. The number of carbonyl (C=O) groups excluding carboxylic acids is 1. The van der Waals surface area contributed by atoms with Gasteiger partial charge in [0, 0.05) is 43.3 Å². The van der Waals surface area contributed by atoms with Gasteiger partial charge in [0.1, 0.15) is 23.3 Å². The molecule has 3 aliphatic rings. The van der Waals surface area contributed by atoms with Crippen molar-refractivity contribution in [3.63, 3.8) is 0 Å². The van der Waals surface area contributed by atoms with E-state index in [4.69, 9.17) is 25.0 Å². The minimum atomic E-state index is -0.444. The summed E-state index contributed by atoms with van der Waals surface area (Å²) in [6.45, 7) is 7.37. The lowest BCUT2D eigenvalue weighted by atomic mass is 9.85. The molecule has 4 aromatic heterocycles. The van der Waals surface area contributed by atoms with Crippen molar-refractivity contribution in [1.29, 1.82) is 5.26 Å². The molecule has 3 atom stereocenters. The van der Waals surface area contributed by atoms with Crippen molar-refractivity contribution in [3.8, 4) is 23.5 Å². The number of hydrogen-bond donors (Lipinski definition) is 2. The molecule has 1 amide bonds. The van der Waals surface area contributed by atoms with E-state index in [1.807, 2.05) is 0 Å². The van der Waals surface area contributed by atoms with Gasteiger partial charge >= 0.3 is 0 Å². The van der Waals surface area contributed by atoms with Crippen molar-refractivity contribution in [3.05, 3.63) is 40.4 Å². The highest BCUT2D eigenvalue weighted by molar-refractivity contribution is 7.16. The summed E-state index contributed by atoms with van der Waals surface area (Å²) in [5.74, 6) is 1.70. The highest BCUT2D eigenvalue weighted by Gasteiger charge is 2.33. The third kappa shape index (κ3) is 7.42. The second kappa shape index (κ2) is 15.1. The van der Waals surface area contributed by atoms with Gasteiger partial charge in [0.2, 0.25) is 23.6 Å². The lowest BCUT2D eigenvalue weighted by Crippen LogP contribution is -2.40. The van der Waals surface area contributed by atoms with Crippen LogP contribution in [0.2, 0.25) is 0 Å². The van der Waals surface area contributed by atoms with Crippen molar-refractivity contribution in [2.45, 2.75) is 76.5 Å². The lowest BCUT2D eigenvalue weighted by Gasteiger charge is -2.29. The number of carbonyl (C=O) groups is 1. The summed E-state index contributed by atoms with van der Waals surface area (Å²) >= 11 is 1.48. The van der Waals surface area contributed by atoms with E-state index in [0.29, 0.717) is 65.9 Å². The summed E-state index contributed by atoms with van der Waals surface area (Å²) in [5.41, 5.74) is 8.21. The Kier molecular flexibility index (Phi) is 10.2. The maximum Gasteiger partial charge on any atom is 0.253 e. The maximum atomic E-state index is 12.4. The molecule has 0 saturated carbocycles. The zero-order valence-electron chi connectivity index (χ0n) is 28.1. The van der Waals surface area contributed by atoms with Crippen LogP contribution in [0, 0.1) is 11.3 Å². The number of unbranched alkanes of at least 4 members (excludes halogenated alkanes) is 1. The minimum Gasteiger partial charge on any atom is -0.475 e. The summed E-state index contributed by atoms with van der Waals surface area (Å²) in [4.78, 5) is 34.1. The Hall–Kier alpha value is -4.66. The van der Waals surface area contributed by atoms with Gasteiger partial charge in [0.25, 0.3) is 5.88 Å². The molecule has 2 fully saturated rings. The van der Waals surface area contributed by atoms with E-state index in [-0.39, 0.29) is 24.4 Å². The van der Waals surface area contributed by atoms with E-state index in [1.165, 1.54) is 16.0 Å². The number of likely N-dealkylation sites (tertiary alicyclic amines) is 1. The van der Waals surface area contributed by atoms with E-state index < -0.39 is 6.10 Å². The van der Waals surface area contributed by atoms with Gasteiger partial charge in [0.15, 0.2) is 0 Å². The van der Waals surface area contributed by atoms with Crippen LogP contribution in [0.1, 0.15) is 73.3 Å². The van der Waals surface area contributed by atoms with Crippen molar-refractivity contribution < 1.29 is 19.2 Å². The largest absolute Gasteiger partial charge is 0.475 e. The van der Waals surface area contributed by atoms with Crippen LogP contribution in [0.15, 0.2) is 23.0 Å². The fraction of sp³-hybridized carbons (Fsp3) is 0.576. The molecule has 4 aromatic rings. The predicted molar refractivity (Wildman–Crippen MR) is 183 cm³/mol. The van der Waals surface area contributed by atoms with Gasteiger partial charge in [-0.3, -0.25) is 4.79 Å². The average Bonchev–Trinajstić information content (AvgIpc) is 3.91. The van der Waals surface area contributed by atoms with E-state index in [2.05, 4.69) is 43.2 Å². The number of nitrogens with zero attached hydrogens (tertiary/aromatic N) is 11. The van der Waals surface area contributed by atoms with E-state index >= 15 is 0 Å². The number of aliphatic hydroxyl groups is 1. The second-order valence-corrected chi connectivity index (χ2v) is 14.4. The van der Waals surface area contributed by atoms with Crippen molar-refractivity contribution in [1.82, 2.24) is 44.9 Å². The number of aliphatic hydroxyl groups excluding tert-OH is 1. The molecule has 7 rings (SSSR count). The van der Waals surface area contributed by atoms with Crippen molar-refractivity contribution in [2.24, 2.45) is 0 Å².